The molecular weight excluding hydrogens is 396 g/mol. The zero-order valence-electron chi connectivity index (χ0n) is 16.8. The molecule has 0 bridgehead atoms. The fraction of sp³-hybridized carbons (Fsp3) is 0.261. The lowest BCUT2D eigenvalue weighted by atomic mass is 10.1. The van der Waals surface area contributed by atoms with E-state index in [0.717, 1.165) is 42.6 Å². The summed E-state index contributed by atoms with van der Waals surface area (Å²) in [5, 5.41) is 12.9. The molecule has 4 aromatic rings. The Morgan fingerprint density at radius 3 is 2.77 bits per heavy atom. The number of H-pyrrole nitrogens is 1. The van der Waals surface area contributed by atoms with Gasteiger partial charge in [-0.15, -0.1) is 0 Å². The Morgan fingerprint density at radius 2 is 1.90 bits per heavy atom. The molecule has 0 spiro atoms. The van der Waals surface area contributed by atoms with E-state index in [9.17, 15) is 8.42 Å². The van der Waals surface area contributed by atoms with Gasteiger partial charge in [-0.25, -0.2) is 8.42 Å². The Balaban J connectivity index is 1.57. The van der Waals surface area contributed by atoms with Crippen molar-refractivity contribution in [3.05, 3.63) is 66.2 Å². The molecule has 2 heterocycles. The number of sulfone groups is 1. The molecule has 154 valence electrons. The van der Waals surface area contributed by atoms with Crippen molar-refractivity contribution in [2.24, 2.45) is 0 Å². The predicted molar refractivity (Wildman–Crippen MR) is 118 cm³/mol. The number of piperazine rings is 1. The zero-order valence-corrected chi connectivity index (χ0v) is 17.6. The number of benzene rings is 3. The molecule has 5 rings (SSSR count). The fourth-order valence-corrected chi connectivity index (χ4v) is 5.85. The smallest absolute Gasteiger partial charge is 0.226 e. The minimum absolute atomic E-state index is 0.0874. The van der Waals surface area contributed by atoms with E-state index in [0.29, 0.717) is 16.8 Å². The van der Waals surface area contributed by atoms with Crippen molar-refractivity contribution in [1.29, 1.82) is 0 Å². The molecule has 1 saturated heterocycles. The number of hydrogen-bond acceptors (Lipinski definition) is 5. The molecule has 1 atom stereocenters. The van der Waals surface area contributed by atoms with Crippen LogP contribution in [0.1, 0.15) is 12.5 Å². The van der Waals surface area contributed by atoms with Crippen molar-refractivity contribution >= 4 is 31.5 Å². The van der Waals surface area contributed by atoms with Gasteiger partial charge in [0.25, 0.3) is 0 Å². The maximum Gasteiger partial charge on any atom is 0.226 e. The van der Waals surface area contributed by atoms with E-state index < -0.39 is 9.84 Å². The Morgan fingerprint density at radius 1 is 1.07 bits per heavy atom. The van der Waals surface area contributed by atoms with Gasteiger partial charge in [0.2, 0.25) is 9.84 Å². The van der Waals surface area contributed by atoms with Crippen LogP contribution in [0.2, 0.25) is 0 Å². The SMILES string of the molecule is C[C@H]1CN(Cc2ccc3[nH]nc(S(=O)(=O)c4cccc5ccccc45)c3c2)CCN1. The summed E-state index contributed by atoms with van der Waals surface area (Å²) in [5.41, 5.74) is 1.82. The molecule has 7 heteroatoms. The summed E-state index contributed by atoms with van der Waals surface area (Å²) < 4.78 is 27.1. The minimum atomic E-state index is -3.77. The molecule has 0 unspecified atom stereocenters. The Hall–Kier alpha value is -2.74. The van der Waals surface area contributed by atoms with Crippen LogP contribution in [0.4, 0.5) is 0 Å². The van der Waals surface area contributed by atoms with Crippen LogP contribution in [0.15, 0.2) is 70.6 Å². The first-order valence-electron chi connectivity index (χ1n) is 10.2. The largest absolute Gasteiger partial charge is 0.312 e. The van der Waals surface area contributed by atoms with Crippen molar-refractivity contribution < 1.29 is 8.42 Å². The van der Waals surface area contributed by atoms with Gasteiger partial charge in [0.15, 0.2) is 5.03 Å². The predicted octanol–water partition coefficient (Wildman–Crippen LogP) is 3.34. The summed E-state index contributed by atoms with van der Waals surface area (Å²) in [6, 6.07) is 19.3. The van der Waals surface area contributed by atoms with Crippen molar-refractivity contribution in [3.8, 4) is 0 Å². The monoisotopic (exact) mass is 420 g/mol. The van der Waals surface area contributed by atoms with E-state index >= 15 is 0 Å². The summed E-state index contributed by atoms with van der Waals surface area (Å²) in [6.45, 7) is 5.90. The first kappa shape index (κ1) is 19.2. The summed E-state index contributed by atoms with van der Waals surface area (Å²) in [6.07, 6.45) is 0. The molecule has 0 aliphatic carbocycles. The third-order valence-electron chi connectivity index (χ3n) is 5.75. The maximum absolute atomic E-state index is 13.6. The van der Waals surface area contributed by atoms with E-state index in [1.54, 1.807) is 12.1 Å². The van der Waals surface area contributed by atoms with Gasteiger partial charge < -0.3 is 5.32 Å². The second kappa shape index (κ2) is 7.50. The van der Waals surface area contributed by atoms with Gasteiger partial charge in [-0.1, -0.05) is 42.5 Å². The Bertz CT molecular complexity index is 1320. The van der Waals surface area contributed by atoms with E-state index in [1.165, 1.54) is 0 Å². The second-order valence-electron chi connectivity index (χ2n) is 7.98. The van der Waals surface area contributed by atoms with Crippen LogP contribution in [0.5, 0.6) is 0 Å². The Kier molecular flexibility index (Phi) is 4.81. The Labute approximate surface area is 175 Å². The fourth-order valence-electron chi connectivity index (χ4n) is 4.29. The molecule has 3 aromatic carbocycles. The maximum atomic E-state index is 13.6. The topological polar surface area (TPSA) is 78.1 Å². The van der Waals surface area contributed by atoms with Crippen LogP contribution in [-0.2, 0) is 16.4 Å². The van der Waals surface area contributed by atoms with Crippen LogP contribution in [0, 0.1) is 0 Å². The van der Waals surface area contributed by atoms with Gasteiger partial charge >= 0.3 is 0 Å². The summed E-state index contributed by atoms with van der Waals surface area (Å²) >= 11 is 0. The van der Waals surface area contributed by atoms with E-state index in [4.69, 9.17) is 0 Å². The molecular formula is C23H24N4O2S. The zero-order chi connectivity index (χ0) is 20.7. The van der Waals surface area contributed by atoms with Gasteiger partial charge in [-0.05, 0) is 36.1 Å². The van der Waals surface area contributed by atoms with E-state index in [-0.39, 0.29) is 9.92 Å². The number of fused-ring (bicyclic) bond motifs is 2. The highest BCUT2D eigenvalue weighted by molar-refractivity contribution is 7.91. The average molecular weight is 421 g/mol. The molecule has 1 aliphatic heterocycles. The molecule has 1 aliphatic rings. The number of aromatic amines is 1. The number of aromatic nitrogens is 2. The second-order valence-corrected chi connectivity index (χ2v) is 9.81. The first-order chi connectivity index (χ1) is 14.5. The third kappa shape index (κ3) is 3.39. The molecule has 1 aromatic heterocycles. The van der Waals surface area contributed by atoms with Crippen LogP contribution in [0.25, 0.3) is 21.7 Å². The first-order valence-corrected chi connectivity index (χ1v) is 11.7. The van der Waals surface area contributed by atoms with Crippen LogP contribution in [-0.4, -0.2) is 49.2 Å². The summed E-state index contributed by atoms with van der Waals surface area (Å²) in [5.74, 6) is 0. The highest BCUT2D eigenvalue weighted by atomic mass is 32.2. The van der Waals surface area contributed by atoms with Crippen LogP contribution in [0.3, 0.4) is 0 Å². The molecule has 0 saturated carbocycles. The van der Waals surface area contributed by atoms with E-state index in [2.05, 4.69) is 27.3 Å². The van der Waals surface area contributed by atoms with Gasteiger partial charge in [0.1, 0.15) is 0 Å². The normalized spacial score (nSPS) is 18.2. The van der Waals surface area contributed by atoms with Gasteiger partial charge in [0.05, 0.1) is 10.4 Å². The van der Waals surface area contributed by atoms with E-state index in [1.807, 2.05) is 48.5 Å². The third-order valence-corrected chi connectivity index (χ3v) is 7.50. The standard InChI is InChI=1S/C23H24N4O2S/c1-16-14-27(12-11-24-16)15-17-9-10-21-20(13-17)23(26-25-21)30(28,29)22-8-4-6-18-5-2-3-7-19(18)22/h2-10,13,16,24H,11-12,14-15H2,1H3,(H,25,26)/t16-/m0/s1. The lowest BCUT2D eigenvalue weighted by Crippen LogP contribution is -2.48. The highest BCUT2D eigenvalue weighted by Crippen LogP contribution is 2.31. The number of rotatable bonds is 4. The minimum Gasteiger partial charge on any atom is -0.312 e. The molecule has 6 nitrogen and oxygen atoms in total. The highest BCUT2D eigenvalue weighted by Gasteiger charge is 2.26. The van der Waals surface area contributed by atoms with Gasteiger partial charge in [-0.2, -0.15) is 5.10 Å². The molecule has 0 amide bonds. The quantitative estimate of drug-likeness (QED) is 0.529. The molecule has 30 heavy (non-hydrogen) atoms. The number of hydrogen-bond donors (Lipinski definition) is 2. The van der Waals surface area contributed by atoms with Crippen LogP contribution >= 0.6 is 0 Å². The summed E-state index contributed by atoms with van der Waals surface area (Å²) in [4.78, 5) is 2.68. The lowest BCUT2D eigenvalue weighted by Gasteiger charge is -2.31. The van der Waals surface area contributed by atoms with Gasteiger partial charge in [0, 0.05) is 43.0 Å². The lowest BCUT2D eigenvalue weighted by molar-refractivity contribution is 0.200. The van der Waals surface area contributed by atoms with Crippen molar-refractivity contribution in [1.82, 2.24) is 20.4 Å². The summed E-state index contributed by atoms with van der Waals surface area (Å²) in [7, 11) is -3.77. The molecule has 0 radical (unpaired) electrons. The van der Waals surface area contributed by atoms with Crippen molar-refractivity contribution in [3.63, 3.8) is 0 Å². The van der Waals surface area contributed by atoms with Crippen LogP contribution < -0.4 is 5.32 Å². The van der Waals surface area contributed by atoms with Gasteiger partial charge in [-0.3, -0.25) is 10.00 Å². The average Bonchev–Trinajstić information content (AvgIpc) is 3.17. The van der Waals surface area contributed by atoms with Crippen molar-refractivity contribution in [2.45, 2.75) is 29.4 Å². The molecule has 2 N–H and O–H groups in total. The van der Waals surface area contributed by atoms with Crippen molar-refractivity contribution in [2.75, 3.05) is 19.6 Å². The number of nitrogens with zero attached hydrogens (tertiary/aromatic N) is 2. The molecule has 1 fully saturated rings. The number of nitrogens with one attached hydrogen (secondary N) is 2.